The van der Waals surface area contributed by atoms with E-state index in [9.17, 15) is 9.59 Å². The first-order chi connectivity index (χ1) is 15.2. The summed E-state index contributed by atoms with van der Waals surface area (Å²) in [7, 11) is 0. The predicted octanol–water partition coefficient (Wildman–Crippen LogP) is 2.66. The molecule has 0 spiro atoms. The molecule has 0 atom stereocenters. The van der Waals surface area contributed by atoms with Crippen LogP contribution in [-0.2, 0) is 9.47 Å². The van der Waals surface area contributed by atoms with E-state index in [0.29, 0.717) is 18.1 Å². The second-order valence-electron chi connectivity index (χ2n) is 6.37. The number of rotatable bonds is 8. The van der Waals surface area contributed by atoms with Crippen LogP contribution in [0.15, 0.2) is 60.7 Å². The molecule has 31 heavy (non-hydrogen) atoms. The minimum absolute atomic E-state index is 0.00551. The predicted molar refractivity (Wildman–Crippen MR) is 109 cm³/mol. The Balaban J connectivity index is 1.20. The van der Waals surface area contributed by atoms with Crippen LogP contribution in [0.4, 0.5) is 0 Å². The van der Waals surface area contributed by atoms with Gasteiger partial charge in [0.2, 0.25) is 11.6 Å². The highest BCUT2D eigenvalue weighted by Gasteiger charge is 2.16. The Morgan fingerprint density at radius 3 is 1.52 bits per heavy atom. The summed E-state index contributed by atoms with van der Waals surface area (Å²) >= 11 is 0. The topological polar surface area (TPSA) is 136 Å². The van der Waals surface area contributed by atoms with Gasteiger partial charge in [-0.25, -0.2) is 19.6 Å². The van der Waals surface area contributed by atoms with Gasteiger partial charge in [0.15, 0.2) is 11.6 Å². The van der Waals surface area contributed by atoms with Crippen LogP contribution in [0.5, 0.6) is 0 Å². The van der Waals surface area contributed by atoms with Gasteiger partial charge in [-0.05, 0) is 0 Å². The molecule has 10 nitrogen and oxygen atoms in total. The Kier molecular flexibility index (Phi) is 6.08. The third kappa shape index (κ3) is 4.99. The number of benzene rings is 2. The van der Waals surface area contributed by atoms with Gasteiger partial charge < -0.3 is 9.47 Å². The number of nitrogens with zero attached hydrogens (tertiary/aromatic N) is 4. The monoisotopic (exact) mass is 418 g/mol. The summed E-state index contributed by atoms with van der Waals surface area (Å²) in [6.45, 7) is 0.109. The molecule has 2 aromatic heterocycles. The molecule has 0 unspecified atom stereocenters. The lowest BCUT2D eigenvalue weighted by Gasteiger charge is -2.03. The van der Waals surface area contributed by atoms with Crippen molar-refractivity contribution >= 4 is 11.9 Å². The molecule has 0 bridgehead atoms. The lowest BCUT2D eigenvalue weighted by Crippen LogP contribution is -2.13. The summed E-state index contributed by atoms with van der Waals surface area (Å²) < 4.78 is 10.3. The van der Waals surface area contributed by atoms with Crippen LogP contribution in [0.1, 0.15) is 27.7 Å². The number of ether oxygens (including phenoxy) is 2. The average molecular weight is 418 g/mol. The summed E-state index contributed by atoms with van der Waals surface area (Å²) in [4.78, 5) is 32.4. The number of aromatic amines is 2. The van der Waals surface area contributed by atoms with Crippen molar-refractivity contribution in [2.45, 2.75) is 6.42 Å². The number of H-pyrrole nitrogens is 2. The van der Waals surface area contributed by atoms with Crippen molar-refractivity contribution in [2.24, 2.45) is 0 Å². The standard InChI is InChI=1S/C21H18N6O4/c28-20(18-22-16(24-26-18)14-8-3-1-4-9-14)30-12-7-13-31-21(29)19-23-17(25-27-19)15-10-5-2-6-11-15/h1-6,8-11H,7,12-13H2,(H,22,24,26)(H,23,25,27). The number of carbonyl (C=O) groups is 2. The third-order valence-corrected chi connectivity index (χ3v) is 4.18. The largest absolute Gasteiger partial charge is 0.460 e. The van der Waals surface area contributed by atoms with E-state index in [1.165, 1.54) is 0 Å². The molecule has 0 fully saturated rings. The van der Waals surface area contributed by atoms with Crippen LogP contribution >= 0.6 is 0 Å². The highest BCUT2D eigenvalue weighted by atomic mass is 16.5. The third-order valence-electron chi connectivity index (χ3n) is 4.18. The van der Waals surface area contributed by atoms with Crippen molar-refractivity contribution in [1.29, 1.82) is 0 Å². The van der Waals surface area contributed by atoms with Gasteiger partial charge in [0.25, 0.3) is 0 Å². The number of aromatic nitrogens is 6. The number of carbonyl (C=O) groups excluding carboxylic acids is 2. The molecule has 0 aliphatic carbocycles. The van der Waals surface area contributed by atoms with Crippen molar-refractivity contribution < 1.29 is 19.1 Å². The van der Waals surface area contributed by atoms with Crippen LogP contribution in [0.3, 0.4) is 0 Å². The van der Waals surface area contributed by atoms with E-state index in [0.717, 1.165) is 11.1 Å². The van der Waals surface area contributed by atoms with Gasteiger partial charge in [-0.1, -0.05) is 60.7 Å². The van der Waals surface area contributed by atoms with Crippen molar-refractivity contribution in [3.05, 3.63) is 72.3 Å². The molecule has 4 aromatic rings. The highest BCUT2D eigenvalue weighted by molar-refractivity contribution is 5.86. The van der Waals surface area contributed by atoms with Gasteiger partial charge in [-0.2, -0.15) is 10.2 Å². The molecule has 2 N–H and O–H groups in total. The first-order valence-corrected chi connectivity index (χ1v) is 9.50. The normalized spacial score (nSPS) is 10.6. The fourth-order valence-electron chi connectivity index (χ4n) is 2.66. The minimum Gasteiger partial charge on any atom is -0.460 e. The molecule has 0 saturated carbocycles. The average Bonchev–Trinajstić information content (AvgIpc) is 3.50. The molecule has 0 saturated heterocycles. The molecular formula is C21H18N6O4. The molecule has 0 radical (unpaired) electrons. The molecule has 0 amide bonds. The van der Waals surface area contributed by atoms with E-state index in [4.69, 9.17) is 9.47 Å². The summed E-state index contributed by atoms with van der Waals surface area (Å²) in [6, 6.07) is 18.5. The van der Waals surface area contributed by atoms with Gasteiger partial charge in [-0.15, -0.1) is 0 Å². The quantitative estimate of drug-likeness (QED) is 0.329. The van der Waals surface area contributed by atoms with Crippen LogP contribution in [0.25, 0.3) is 22.8 Å². The maximum Gasteiger partial charge on any atom is 0.375 e. The molecule has 10 heteroatoms. The van der Waals surface area contributed by atoms with Gasteiger partial charge in [0.1, 0.15) is 0 Å². The van der Waals surface area contributed by atoms with Crippen LogP contribution in [-0.4, -0.2) is 55.5 Å². The fraction of sp³-hybridized carbons (Fsp3) is 0.143. The van der Waals surface area contributed by atoms with Gasteiger partial charge >= 0.3 is 11.9 Å². The Morgan fingerprint density at radius 1 is 0.677 bits per heavy atom. The second kappa shape index (κ2) is 9.44. The summed E-state index contributed by atoms with van der Waals surface area (Å²) in [6.07, 6.45) is 0.316. The smallest absolute Gasteiger partial charge is 0.375 e. The Hall–Kier alpha value is -4.34. The number of hydrogen-bond donors (Lipinski definition) is 2. The van der Waals surface area contributed by atoms with Crippen molar-refractivity contribution in [3.63, 3.8) is 0 Å². The molecular weight excluding hydrogens is 400 g/mol. The van der Waals surface area contributed by atoms with Crippen LogP contribution < -0.4 is 0 Å². The number of esters is 2. The lowest BCUT2D eigenvalue weighted by atomic mass is 10.2. The highest BCUT2D eigenvalue weighted by Crippen LogP contribution is 2.14. The SMILES string of the molecule is O=C(OCCCOC(=O)c1nc(-c2ccccc2)n[nH]1)c1nc(-c2ccccc2)n[nH]1. The minimum atomic E-state index is -0.635. The first-order valence-electron chi connectivity index (χ1n) is 9.50. The Morgan fingerprint density at radius 2 is 1.10 bits per heavy atom. The zero-order valence-corrected chi connectivity index (χ0v) is 16.3. The van der Waals surface area contributed by atoms with E-state index in [2.05, 4.69) is 30.4 Å². The maximum absolute atomic E-state index is 12.1. The zero-order valence-electron chi connectivity index (χ0n) is 16.3. The number of nitrogens with one attached hydrogen (secondary N) is 2. The summed E-state index contributed by atoms with van der Waals surface area (Å²) in [5.74, 6) is -0.448. The maximum atomic E-state index is 12.1. The van der Waals surface area contributed by atoms with Crippen LogP contribution in [0.2, 0.25) is 0 Å². The summed E-state index contributed by atoms with van der Waals surface area (Å²) in [5.41, 5.74) is 1.57. The fourth-order valence-corrected chi connectivity index (χ4v) is 2.66. The molecule has 0 aliphatic heterocycles. The first kappa shape index (κ1) is 20.0. The van der Waals surface area contributed by atoms with E-state index < -0.39 is 11.9 Å². The molecule has 2 heterocycles. The van der Waals surface area contributed by atoms with Crippen molar-refractivity contribution in [1.82, 2.24) is 30.4 Å². The number of hydrogen-bond acceptors (Lipinski definition) is 8. The molecule has 0 aliphatic rings. The van der Waals surface area contributed by atoms with Crippen molar-refractivity contribution in [2.75, 3.05) is 13.2 Å². The molecule has 4 rings (SSSR count). The zero-order chi connectivity index (χ0) is 21.5. The second-order valence-corrected chi connectivity index (χ2v) is 6.37. The van der Waals surface area contributed by atoms with E-state index in [1.54, 1.807) is 0 Å². The van der Waals surface area contributed by atoms with E-state index in [1.807, 2.05) is 60.7 Å². The Bertz CT molecular complexity index is 1070. The van der Waals surface area contributed by atoms with E-state index >= 15 is 0 Å². The molecule has 156 valence electrons. The van der Waals surface area contributed by atoms with Gasteiger partial charge in [-0.3, -0.25) is 10.2 Å². The van der Waals surface area contributed by atoms with E-state index in [-0.39, 0.29) is 24.9 Å². The Labute approximate surface area is 176 Å². The van der Waals surface area contributed by atoms with Crippen molar-refractivity contribution in [3.8, 4) is 22.8 Å². The van der Waals surface area contributed by atoms with Gasteiger partial charge in [0, 0.05) is 17.5 Å². The lowest BCUT2D eigenvalue weighted by molar-refractivity contribution is 0.0381. The van der Waals surface area contributed by atoms with Gasteiger partial charge in [0.05, 0.1) is 13.2 Å². The molecule has 2 aromatic carbocycles. The van der Waals surface area contributed by atoms with Crippen LogP contribution in [0, 0.1) is 0 Å². The summed E-state index contributed by atoms with van der Waals surface area (Å²) in [5, 5.41) is 13.1.